The number of likely N-dealkylation sites (N-methyl/N-ethyl adjacent to an activating group) is 1. The Kier molecular flexibility index (Phi) is 4.58. The maximum Gasteiger partial charge on any atom is 0.265 e. The molecule has 18 heavy (non-hydrogen) atoms. The molecule has 2 rings (SSSR count). The quantitative estimate of drug-likeness (QED) is 0.832. The molecule has 1 aromatic rings. The van der Waals surface area contributed by atoms with Crippen LogP contribution in [0, 0.1) is 0 Å². The standard InChI is InChI=1S/C13H24N4O/c1-4-17(3)13-15-12(18-16-13)10-8-6-5-7-9-11(10)14-2/h10-11,14H,4-9H2,1-3H3. The molecule has 0 saturated heterocycles. The van der Waals surface area contributed by atoms with Gasteiger partial charge in [0.25, 0.3) is 5.95 Å². The number of nitrogens with zero attached hydrogens (tertiary/aromatic N) is 3. The van der Waals surface area contributed by atoms with Crippen LogP contribution in [0.2, 0.25) is 0 Å². The predicted molar refractivity (Wildman–Crippen MR) is 71.9 cm³/mol. The van der Waals surface area contributed by atoms with Crippen LogP contribution in [0.25, 0.3) is 0 Å². The van der Waals surface area contributed by atoms with Gasteiger partial charge in [-0.15, -0.1) is 0 Å². The highest BCUT2D eigenvalue weighted by molar-refractivity contribution is 5.26. The second-order valence-electron chi connectivity index (χ2n) is 5.09. The highest BCUT2D eigenvalue weighted by Crippen LogP contribution is 2.31. The van der Waals surface area contributed by atoms with E-state index in [4.69, 9.17) is 4.52 Å². The number of rotatable bonds is 4. The minimum Gasteiger partial charge on any atom is -0.342 e. The van der Waals surface area contributed by atoms with Crippen molar-refractivity contribution in [2.75, 3.05) is 25.5 Å². The van der Waals surface area contributed by atoms with Crippen LogP contribution in [0.1, 0.15) is 50.8 Å². The second-order valence-corrected chi connectivity index (χ2v) is 5.09. The first-order chi connectivity index (χ1) is 8.76. The Balaban J connectivity index is 2.14. The van der Waals surface area contributed by atoms with Crippen molar-refractivity contribution in [3.63, 3.8) is 0 Å². The van der Waals surface area contributed by atoms with Crippen LogP contribution in [0.3, 0.4) is 0 Å². The fourth-order valence-corrected chi connectivity index (χ4v) is 2.62. The number of aromatic nitrogens is 2. The third kappa shape index (κ3) is 2.83. The van der Waals surface area contributed by atoms with Crippen molar-refractivity contribution >= 4 is 5.95 Å². The van der Waals surface area contributed by atoms with E-state index >= 15 is 0 Å². The first kappa shape index (κ1) is 13.3. The molecule has 1 heterocycles. The zero-order valence-electron chi connectivity index (χ0n) is 11.6. The van der Waals surface area contributed by atoms with E-state index < -0.39 is 0 Å². The average Bonchev–Trinajstić information content (AvgIpc) is 2.76. The summed E-state index contributed by atoms with van der Waals surface area (Å²) in [4.78, 5) is 6.55. The largest absolute Gasteiger partial charge is 0.342 e. The molecular weight excluding hydrogens is 228 g/mol. The zero-order valence-corrected chi connectivity index (χ0v) is 11.6. The van der Waals surface area contributed by atoms with Crippen molar-refractivity contribution in [3.8, 4) is 0 Å². The van der Waals surface area contributed by atoms with Gasteiger partial charge in [-0.1, -0.05) is 19.3 Å². The smallest absolute Gasteiger partial charge is 0.265 e. The van der Waals surface area contributed by atoms with Gasteiger partial charge < -0.3 is 14.7 Å². The van der Waals surface area contributed by atoms with E-state index in [1.807, 2.05) is 19.0 Å². The minimum absolute atomic E-state index is 0.365. The van der Waals surface area contributed by atoms with Crippen LogP contribution in [-0.4, -0.2) is 36.8 Å². The topological polar surface area (TPSA) is 54.2 Å². The number of hydrogen-bond acceptors (Lipinski definition) is 5. The van der Waals surface area contributed by atoms with E-state index in [1.165, 1.54) is 25.7 Å². The van der Waals surface area contributed by atoms with Crippen LogP contribution < -0.4 is 10.2 Å². The average molecular weight is 252 g/mol. The number of hydrogen-bond donors (Lipinski definition) is 1. The van der Waals surface area contributed by atoms with E-state index in [0.717, 1.165) is 18.9 Å². The first-order valence-corrected chi connectivity index (χ1v) is 6.98. The van der Waals surface area contributed by atoms with Gasteiger partial charge in [0.05, 0.1) is 5.92 Å². The van der Waals surface area contributed by atoms with Crippen LogP contribution in [0.15, 0.2) is 4.52 Å². The lowest BCUT2D eigenvalue weighted by molar-refractivity contribution is 0.310. The van der Waals surface area contributed by atoms with Crippen LogP contribution in [0.4, 0.5) is 5.95 Å². The lowest BCUT2D eigenvalue weighted by Gasteiger charge is -2.21. The molecule has 0 amide bonds. The molecule has 0 aliphatic heterocycles. The Labute approximate surface area is 109 Å². The molecule has 1 aliphatic rings. The highest BCUT2D eigenvalue weighted by atomic mass is 16.5. The fraction of sp³-hybridized carbons (Fsp3) is 0.846. The Morgan fingerprint density at radius 2 is 2.11 bits per heavy atom. The molecule has 1 aliphatic carbocycles. The minimum atomic E-state index is 0.365. The van der Waals surface area contributed by atoms with Crippen molar-refractivity contribution in [2.45, 2.75) is 51.0 Å². The summed E-state index contributed by atoms with van der Waals surface area (Å²) < 4.78 is 5.47. The summed E-state index contributed by atoms with van der Waals surface area (Å²) >= 11 is 0. The molecule has 5 heteroatoms. The van der Waals surface area contributed by atoms with Crippen molar-refractivity contribution in [2.24, 2.45) is 0 Å². The van der Waals surface area contributed by atoms with E-state index in [1.54, 1.807) is 0 Å². The van der Waals surface area contributed by atoms with Gasteiger partial charge in [-0.25, -0.2) is 0 Å². The summed E-state index contributed by atoms with van der Waals surface area (Å²) in [5.74, 6) is 1.86. The Hall–Kier alpha value is -1.10. The maximum atomic E-state index is 5.47. The molecule has 1 N–H and O–H groups in total. The normalized spacial score (nSPS) is 24.8. The SMILES string of the molecule is CCN(C)c1noc(C2CCCCCC2NC)n1. The molecule has 0 radical (unpaired) electrons. The molecule has 0 aromatic carbocycles. The Morgan fingerprint density at radius 1 is 1.33 bits per heavy atom. The first-order valence-electron chi connectivity index (χ1n) is 6.98. The summed E-state index contributed by atoms with van der Waals surface area (Å²) in [5, 5.41) is 7.48. The third-order valence-electron chi connectivity index (χ3n) is 3.95. The lowest BCUT2D eigenvalue weighted by Crippen LogP contribution is -2.31. The van der Waals surface area contributed by atoms with E-state index in [-0.39, 0.29) is 0 Å². The summed E-state index contributed by atoms with van der Waals surface area (Å²) in [6.07, 6.45) is 6.19. The lowest BCUT2D eigenvalue weighted by atomic mass is 9.95. The van der Waals surface area contributed by atoms with Gasteiger partial charge in [0.1, 0.15) is 0 Å². The van der Waals surface area contributed by atoms with Gasteiger partial charge in [0.15, 0.2) is 0 Å². The third-order valence-corrected chi connectivity index (χ3v) is 3.95. The zero-order chi connectivity index (χ0) is 13.0. The molecule has 5 nitrogen and oxygen atoms in total. The van der Waals surface area contributed by atoms with Crippen molar-refractivity contribution < 1.29 is 4.52 Å². The molecule has 0 spiro atoms. The molecule has 102 valence electrons. The fourth-order valence-electron chi connectivity index (χ4n) is 2.62. The van der Waals surface area contributed by atoms with Crippen LogP contribution in [-0.2, 0) is 0 Å². The van der Waals surface area contributed by atoms with Crippen molar-refractivity contribution in [3.05, 3.63) is 5.89 Å². The Morgan fingerprint density at radius 3 is 2.83 bits per heavy atom. The number of anilines is 1. The van der Waals surface area contributed by atoms with Crippen molar-refractivity contribution in [1.82, 2.24) is 15.5 Å². The molecular formula is C13H24N4O. The molecule has 1 aromatic heterocycles. The molecule has 0 bridgehead atoms. The Bertz CT molecular complexity index is 366. The van der Waals surface area contributed by atoms with Gasteiger partial charge >= 0.3 is 0 Å². The molecule has 2 unspecified atom stereocenters. The monoisotopic (exact) mass is 252 g/mol. The summed E-state index contributed by atoms with van der Waals surface area (Å²) in [6, 6.07) is 0.465. The van der Waals surface area contributed by atoms with E-state index in [9.17, 15) is 0 Å². The second kappa shape index (κ2) is 6.18. The highest BCUT2D eigenvalue weighted by Gasteiger charge is 2.28. The van der Waals surface area contributed by atoms with Gasteiger partial charge in [-0.2, -0.15) is 4.98 Å². The van der Waals surface area contributed by atoms with Gasteiger partial charge in [-0.3, -0.25) is 0 Å². The molecule has 1 saturated carbocycles. The van der Waals surface area contributed by atoms with E-state index in [2.05, 4.69) is 22.4 Å². The van der Waals surface area contributed by atoms with Crippen LogP contribution >= 0.6 is 0 Å². The van der Waals surface area contributed by atoms with Crippen LogP contribution in [0.5, 0.6) is 0 Å². The predicted octanol–water partition coefficient (Wildman–Crippen LogP) is 2.16. The van der Waals surface area contributed by atoms with Gasteiger partial charge in [0.2, 0.25) is 5.89 Å². The summed E-state index contributed by atoms with van der Waals surface area (Å²) in [6.45, 7) is 2.97. The number of nitrogens with one attached hydrogen (secondary N) is 1. The van der Waals surface area contributed by atoms with Gasteiger partial charge in [0, 0.05) is 19.6 Å². The maximum absolute atomic E-state index is 5.47. The molecule has 2 atom stereocenters. The summed E-state index contributed by atoms with van der Waals surface area (Å²) in [5.41, 5.74) is 0. The molecule has 1 fully saturated rings. The van der Waals surface area contributed by atoms with Crippen molar-refractivity contribution in [1.29, 1.82) is 0 Å². The van der Waals surface area contributed by atoms with Gasteiger partial charge in [-0.05, 0) is 32.0 Å². The van der Waals surface area contributed by atoms with E-state index in [0.29, 0.717) is 17.9 Å². The summed E-state index contributed by atoms with van der Waals surface area (Å²) in [7, 11) is 4.01.